The number of piperidine rings is 1. The summed E-state index contributed by atoms with van der Waals surface area (Å²) in [7, 11) is 0. The maximum atomic E-state index is 12.8. The Hall–Kier alpha value is -1.36. The first-order valence-corrected chi connectivity index (χ1v) is 9.07. The summed E-state index contributed by atoms with van der Waals surface area (Å²) in [5.74, 6) is -0.0767. The van der Waals surface area contributed by atoms with Crippen LogP contribution in [-0.2, 0) is 9.59 Å². The number of benzene rings is 1. The average molecular weight is 381 g/mol. The fraction of sp³-hybridized carbons (Fsp3) is 0.556. The molecule has 1 atom stereocenters. The number of hydrogen-bond acceptors (Lipinski definition) is 2. The molecule has 1 unspecified atom stereocenters. The summed E-state index contributed by atoms with van der Waals surface area (Å²) in [4.78, 5) is 28.4. The smallest absolute Gasteiger partial charge is 0.242 e. The first-order valence-electron chi connectivity index (χ1n) is 8.27. The fourth-order valence-electron chi connectivity index (χ4n) is 3.18. The lowest BCUT2D eigenvalue weighted by Crippen LogP contribution is -2.48. The van der Waals surface area contributed by atoms with Crippen LogP contribution in [0.15, 0.2) is 22.7 Å². The number of carbonyl (C=O) groups excluding carboxylic acids is 2. The molecule has 0 saturated carbocycles. The van der Waals surface area contributed by atoms with Gasteiger partial charge in [-0.2, -0.15) is 0 Å². The van der Waals surface area contributed by atoms with Crippen LogP contribution in [0.4, 0.5) is 5.69 Å². The van der Waals surface area contributed by atoms with Crippen LogP contribution >= 0.6 is 15.9 Å². The Kier molecular flexibility index (Phi) is 6.22. The number of aryl methyl sites for hydroxylation is 1. The predicted molar refractivity (Wildman–Crippen MR) is 96.5 cm³/mol. The summed E-state index contributed by atoms with van der Waals surface area (Å²) in [5, 5.41) is 0. The van der Waals surface area contributed by atoms with Gasteiger partial charge in [0.1, 0.15) is 6.54 Å². The number of rotatable bonds is 4. The molecule has 1 heterocycles. The van der Waals surface area contributed by atoms with Gasteiger partial charge in [0.2, 0.25) is 11.8 Å². The van der Waals surface area contributed by atoms with Crippen molar-refractivity contribution in [2.24, 2.45) is 0 Å². The van der Waals surface area contributed by atoms with E-state index in [1.165, 1.54) is 13.3 Å². The van der Waals surface area contributed by atoms with Crippen molar-refractivity contribution in [3.63, 3.8) is 0 Å². The van der Waals surface area contributed by atoms with Gasteiger partial charge in [0.05, 0.1) is 5.69 Å². The minimum atomic E-state index is -0.118. The van der Waals surface area contributed by atoms with E-state index in [9.17, 15) is 9.59 Å². The average Bonchev–Trinajstić information content (AvgIpc) is 2.52. The molecule has 0 N–H and O–H groups in total. The number of hydrogen-bond donors (Lipinski definition) is 0. The molecule has 0 radical (unpaired) electrons. The van der Waals surface area contributed by atoms with Crippen molar-refractivity contribution in [3.8, 4) is 0 Å². The highest BCUT2D eigenvalue weighted by Crippen LogP contribution is 2.28. The van der Waals surface area contributed by atoms with Gasteiger partial charge in [-0.25, -0.2) is 0 Å². The quantitative estimate of drug-likeness (QED) is 0.794. The van der Waals surface area contributed by atoms with E-state index in [1.807, 2.05) is 30.0 Å². The second kappa shape index (κ2) is 7.95. The molecule has 0 bridgehead atoms. The van der Waals surface area contributed by atoms with Gasteiger partial charge >= 0.3 is 0 Å². The summed E-state index contributed by atoms with van der Waals surface area (Å²) in [6.45, 7) is 6.53. The zero-order valence-corrected chi connectivity index (χ0v) is 15.7. The third-order valence-corrected chi connectivity index (χ3v) is 5.12. The van der Waals surface area contributed by atoms with Crippen LogP contribution in [0.25, 0.3) is 0 Å². The van der Waals surface area contributed by atoms with Gasteiger partial charge in [-0.3, -0.25) is 9.59 Å². The van der Waals surface area contributed by atoms with Gasteiger partial charge in [0.15, 0.2) is 0 Å². The zero-order chi connectivity index (χ0) is 17.0. The Labute approximate surface area is 147 Å². The molecule has 1 aromatic rings. The lowest BCUT2D eigenvalue weighted by molar-refractivity contribution is -0.134. The highest BCUT2D eigenvalue weighted by molar-refractivity contribution is 9.10. The molecule has 1 aliphatic heterocycles. The van der Waals surface area contributed by atoms with Crippen LogP contribution in [0.5, 0.6) is 0 Å². The normalized spacial score (nSPS) is 17.9. The first-order chi connectivity index (χ1) is 10.9. The number of nitrogens with zero attached hydrogens (tertiary/aromatic N) is 2. The minimum absolute atomic E-state index is 0.0409. The van der Waals surface area contributed by atoms with Crippen LogP contribution in [0.2, 0.25) is 0 Å². The summed E-state index contributed by atoms with van der Waals surface area (Å²) in [5.41, 5.74) is 1.86. The molecule has 23 heavy (non-hydrogen) atoms. The summed E-state index contributed by atoms with van der Waals surface area (Å²) < 4.78 is 0.839. The van der Waals surface area contributed by atoms with Crippen molar-refractivity contribution < 1.29 is 9.59 Å². The lowest BCUT2D eigenvalue weighted by Gasteiger charge is -2.36. The highest BCUT2D eigenvalue weighted by Gasteiger charge is 2.28. The van der Waals surface area contributed by atoms with E-state index in [1.54, 1.807) is 4.90 Å². The van der Waals surface area contributed by atoms with Crippen molar-refractivity contribution >= 4 is 33.4 Å². The van der Waals surface area contributed by atoms with Crippen LogP contribution in [0.3, 0.4) is 0 Å². The summed E-state index contributed by atoms with van der Waals surface area (Å²) in [6.07, 6.45) is 4.27. The molecular weight excluding hydrogens is 356 g/mol. The fourth-order valence-corrected chi connectivity index (χ4v) is 3.88. The number of amides is 2. The molecule has 5 heteroatoms. The molecule has 2 rings (SSSR count). The van der Waals surface area contributed by atoms with E-state index < -0.39 is 0 Å². The molecule has 2 amide bonds. The molecule has 0 aromatic heterocycles. The van der Waals surface area contributed by atoms with Crippen LogP contribution in [-0.4, -0.2) is 35.8 Å². The second-order valence-corrected chi connectivity index (χ2v) is 7.06. The van der Waals surface area contributed by atoms with Gasteiger partial charge in [0, 0.05) is 24.0 Å². The Morgan fingerprint density at radius 3 is 2.70 bits per heavy atom. The molecule has 1 aliphatic rings. The van der Waals surface area contributed by atoms with Crippen molar-refractivity contribution in [2.75, 3.05) is 18.0 Å². The zero-order valence-electron chi connectivity index (χ0n) is 14.1. The van der Waals surface area contributed by atoms with E-state index in [0.717, 1.165) is 41.5 Å². The van der Waals surface area contributed by atoms with Gasteiger partial charge in [-0.1, -0.05) is 13.0 Å². The van der Waals surface area contributed by atoms with Crippen molar-refractivity contribution in [1.29, 1.82) is 0 Å². The number of halogens is 1. The molecule has 1 saturated heterocycles. The van der Waals surface area contributed by atoms with Gasteiger partial charge in [-0.05, 0) is 66.2 Å². The summed E-state index contributed by atoms with van der Waals surface area (Å²) in [6, 6.07) is 6.12. The molecule has 0 spiro atoms. The van der Waals surface area contributed by atoms with E-state index >= 15 is 0 Å². The maximum Gasteiger partial charge on any atom is 0.242 e. The Morgan fingerprint density at radius 2 is 2.09 bits per heavy atom. The number of anilines is 1. The van der Waals surface area contributed by atoms with E-state index in [4.69, 9.17) is 0 Å². The third-order valence-electron chi connectivity index (χ3n) is 4.49. The number of carbonyl (C=O) groups is 2. The third kappa shape index (κ3) is 4.34. The lowest BCUT2D eigenvalue weighted by atomic mass is 10.00. The Morgan fingerprint density at radius 1 is 1.35 bits per heavy atom. The van der Waals surface area contributed by atoms with E-state index in [-0.39, 0.29) is 18.4 Å². The molecule has 0 aliphatic carbocycles. The van der Waals surface area contributed by atoms with Crippen LogP contribution < -0.4 is 4.90 Å². The highest BCUT2D eigenvalue weighted by atomic mass is 79.9. The molecule has 126 valence electrons. The number of likely N-dealkylation sites (tertiary alicyclic amines) is 1. The van der Waals surface area contributed by atoms with Gasteiger partial charge in [-0.15, -0.1) is 0 Å². The van der Waals surface area contributed by atoms with Crippen LogP contribution in [0, 0.1) is 6.92 Å². The molecular formula is C18H25BrN2O2. The SMILES string of the molecule is CCC1CCCCN1C(=O)CN(C(C)=O)c1ccc(C)cc1Br. The molecule has 4 nitrogen and oxygen atoms in total. The van der Waals surface area contributed by atoms with Crippen molar-refractivity contribution in [1.82, 2.24) is 4.90 Å². The van der Waals surface area contributed by atoms with Crippen molar-refractivity contribution in [2.45, 2.75) is 52.5 Å². The summed E-state index contributed by atoms with van der Waals surface area (Å²) >= 11 is 3.51. The topological polar surface area (TPSA) is 40.6 Å². The molecule has 1 fully saturated rings. The van der Waals surface area contributed by atoms with Gasteiger partial charge < -0.3 is 9.80 Å². The van der Waals surface area contributed by atoms with Gasteiger partial charge in [0.25, 0.3) is 0 Å². The monoisotopic (exact) mass is 380 g/mol. The van der Waals surface area contributed by atoms with Crippen molar-refractivity contribution in [3.05, 3.63) is 28.2 Å². The predicted octanol–water partition coefficient (Wildman–Crippen LogP) is 3.90. The Bertz CT molecular complexity index is 588. The van der Waals surface area contributed by atoms with E-state index in [2.05, 4.69) is 22.9 Å². The van der Waals surface area contributed by atoms with E-state index in [0.29, 0.717) is 6.04 Å². The standard InChI is InChI=1S/C18H25BrN2O2/c1-4-15-7-5-6-10-20(15)18(23)12-21(14(3)22)17-9-8-13(2)11-16(17)19/h8-9,11,15H,4-7,10,12H2,1-3H3. The largest absolute Gasteiger partial charge is 0.338 e. The second-order valence-electron chi connectivity index (χ2n) is 6.21. The first kappa shape index (κ1) is 18.0. The maximum absolute atomic E-state index is 12.8. The van der Waals surface area contributed by atoms with Crippen LogP contribution in [0.1, 0.15) is 45.1 Å². The minimum Gasteiger partial charge on any atom is -0.338 e. The molecule has 1 aromatic carbocycles. The Balaban J connectivity index is 2.19.